The van der Waals surface area contributed by atoms with Gasteiger partial charge in [-0.1, -0.05) is 0 Å². The fourth-order valence-corrected chi connectivity index (χ4v) is 0.901. The highest BCUT2D eigenvalue weighted by Crippen LogP contribution is 2.02. The molecule has 4 heteroatoms. The second-order valence-corrected chi connectivity index (χ2v) is 2.17. The number of H-pyrrole nitrogens is 1. The number of hydrogen-bond acceptors (Lipinski definition) is 3. The van der Waals surface area contributed by atoms with Crippen molar-refractivity contribution in [2.45, 2.75) is 0 Å². The lowest BCUT2D eigenvalue weighted by molar-refractivity contribution is 1.07. The molecule has 2 heterocycles. The molecule has 4 nitrogen and oxygen atoms in total. The van der Waals surface area contributed by atoms with Gasteiger partial charge >= 0.3 is 0 Å². The van der Waals surface area contributed by atoms with Crippen molar-refractivity contribution in [2.75, 3.05) is 0 Å². The predicted molar refractivity (Wildman–Crippen MR) is 40.2 cm³/mol. The van der Waals surface area contributed by atoms with E-state index < -0.39 is 0 Å². The minimum absolute atomic E-state index is 0.155. The Kier molecular flexibility index (Phi) is 1.18. The van der Waals surface area contributed by atoms with Crippen LogP contribution in [-0.4, -0.2) is 15.2 Å². The zero-order valence-corrected chi connectivity index (χ0v) is 5.61. The summed E-state index contributed by atoms with van der Waals surface area (Å²) >= 11 is 0. The van der Waals surface area contributed by atoms with Gasteiger partial charge in [-0.15, -0.1) is 0 Å². The van der Waals surface area contributed by atoms with E-state index in [1.165, 1.54) is 6.07 Å². The van der Waals surface area contributed by atoms with Gasteiger partial charge < -0.3 is 4.98 Å². The maximum atomic E-state index is 10.8. The molecule has 0 spiro atoms. The molecule has 2 aromatic rings. The van der Waals surface area contributed by atoms with Gasteiger partial charge in [0, 0.05) is 17.6 Å². The Balaban J connectivity index is 2.94. The van der Waals surface area contributed by atoms with Crippen LogP contribution in [0.15, 0.2) is 29.3 Å². The summed E-state index contributed by atoms with van der Waals surface area (Å²) in [5.74, 6) is 0. The third-order valence-corrected chi connectivity index (χ3v) is 1.42. The highest BCUT2D eigenvalue weighted by atomic mass is 16.1. The molecule has 0 aromatic carbocycles. The minimum Gasteiger partial charge on any atom is -0.328 e. The largest absolute Gasteiger partial charge is 0.328 e. The van der Waals surface area contributed by atoms with E-state index in [2.05, 4.69) is 15.2 Å². The summed E-state index contributed by atoms with van der Waals surface area (Å²) in [6.07, 6.45) is 3.20. The molecule has 1 N–H and O–H groups in total. The summed E-state index contributed by atoms with van der Waals surface area (Å²) in [6.45, 7) is 0. The van der Waals surface area contributed by atoms with Gasteiger partial charge in [-0.25, -0.2) is 0 Å². The molecule has 2 aromatic heterocycles. The van der Waals surface area contributed by atoms with Crippen molar-refractivity contribution in [2.24, 2.45) is 0 Å². The van der Waals surface area contributed by atoms with Crippen molar-refractivity contribution in [3.05, 3.63) is 34.9 Å². The van der Waals surface area contributed by atoms with Crippen LogP contribution in [0.1, 0.15) is 0 Å². The third kappa shape index (κ3) is 0.980. The smallest absolute Gasteiger partial charge is 0.250 e. The van der Waals surface area contributed by atoms with Gasteiger partial charge in [0.15, 0.2) is 0 Å². The molecule has 54 valence electrons. The van der Waals surface area contributed by atoms with Crippen molar-refractivity contribution in [1.82, 2.24) is 15.2 Å². The molecule has 0 bridgehead atoms. The van der Waals surface area contributed by atoms with E-state index in [4.69, 9.17) is 0 Å². The second-order valence-electron chi connectivity index (χ2n) is 2.17. The highest BCUT2D eigenvalue weighted by Gasteiger charge is 1.92. The van der Waals surface area contributed by atoms with Crippen LogP contribution in [0.2, 0.25) is 0 Å². The normalized spacial score (nSPS) is 10.2. The van der Waals surface area contributed by atoms with Crippen molar-refractivity contribution < 1.29 is 0 Å². The summed E-state index contributed by atoms with van der Waals surface area (Å²) in [5, 5.41) is 8.31. The number of pyridine rings is 1. The molecule has 0 aliphatic carbocycles. The molecule has 11 heavy (non-hydrogen) atoms. The zero-order chi connectivity index (χ0) is 7.68. The lowest BCUT2D eigenvalue weighted by atomic mass is 10.3. The van der Waals surface area contributed by atoms with Crippen LogP contribution >= 0.6 is 0 Å². The summed E-state index contributed by atoms with van der Waals surface area (Å²) in [7, 11) is 0. The fourth-order valence-electron chi connectivity index (χ4n) is 0.901. The summed E-state index contributed by atoms with van der Waals surface area (Å²) in [4.78, 5) is 13.3. The van der Waals surface area contributed by atoms with E-state index in [1.807, 2.05) is 0 Å². The lowest BCUT2D eigenvalue weighted by Gasteiger charge is -1.90. The SMILES string of the molecule is O=c1cc2nnccc2c[nH]1. The molecule has 0 aliphatic rings. The molecule has 2 rings (SSSR count). The summed E-state index contributed by atoms with van der Waals surface area (Å²) in [5.41, 5.74) is 0.467. The number of rotatable bonds is 0. The molecular weight excluding hydrogens is 142 g/mol. The second kappa shape index (κ2) is 2.16. The predicted octanol–water partition coefficient (Wildman–Crippen LogP) is 0.318. The summed E-state index contributed by atoms with van der Waals surface area (Å²) < 4.78 is 0. The van der Waals surface area contributed by atoms with Crippen LogP contribution in [0.25, 0.3) is 10.9 Å². The molecule has 0 unspecified atom stereocenters. The topological polar surface area (TPSA) is 58.6 Å². The maximum Gasteiger partial charge on any atom is 0.250 e. The zero-order valence-electron chi connectivity index (χ0n) is 5.61. The van der Waals surface area contributed by atoms with Gasteiger partial charge in [0.05, 0.1) is 11.7 Å². The molecule has 0 saturated heterocycles. The van der Waals surface area contributed by atoms with Gasteiger partial charge in [-0.05, 0) is 6.07 Å². The number of nitrogens with one attached hydrogen (secondary N) is 1. The Morgan fingerprint density at radius 2 is 2.36 bits per heavy atom. The monoisotopic (exact) mass is 147 g/mol. The van der Waals surface area contributed by atoms with E-state index in [-0.39, 0.29) is 5.56 Å². The first-order valence-electron chi connectivity index (χ1n) is 3.16. The number of fused-ring (bicyclic) bond motifs is 1. The van der Waals surface area contributed by atoms with Crippen molar-refractivity contribution >= 4 is 10.9 Å². The van der Waals surface area contributed by atoms with Crippen LogP contribution in [0.5, 0.6) is 0 Å². The molecular formula is C7H5N3O. The first-order chi connectivity index (χ1) is 5.36. The quantitative estimate of drug-likeness (QED) is 0.583. The number of nitrogens with zero attached hydrogens (tertiary/aromatic N) is 2. The van der Waals surface area contributed by atoms with E-state index in [0.717, 1.165) is 5.39 Å². The highest BCUT2D eigenvalue weighted by molar-refractivity contribution is 5.75. The molecule has 0 amide bonds. The molecule has 0 fully saturated rings. The molecule has 0 aliphatic heterocycles. The van der Waals surface area contributed by atoms with Crippen LogP contribution in [0, 0.1) is 0 Å². The Bertz CT molecular complexity index is 435. The third-order valence-electron chi connectivity index (χ3n) is 1.42. The van der Waals surface area contributed by atoms with E-state index >= 15 is 0 Å². The van der Waals surface area contributed by atoms with E-state index in [0.29, 0.717) is 5.52 Å². The Labute approximate surface area is 61.9 Å². The Hall–Kier alpha value is -1.71. The van der Waals surface area contributed by atoms with Gasteiger partial charge in [-0.2, -0.15) is 10.2 Å². The van der Waals surface area contributed by atoms with Crippen molar-refractivity contribution in [1.29, 1.82) is 0 Å². The average molecular weight is 147 g/mol. The summed E-state index contributed by atoms with van der Waals surface area (Å²) in [6, 6.07) is 3.21. The average Bonchev–Trinajstić information content (AvgIpc) is 2.04. The molecule has 0 saturated carbocycles. The van der Waals surface area contributed by atoms with Gasteiger partial charge in [0.2, 0.25) is 5.56 Å². The Morgan fingerprint density at radius 1 is 1.45 bits per heavy atom. The molecule has 0 radical (unpaired) electrons. The van der Waals surface area contributed by atoms with Crippen LogP contribution < -0.4 is 5.56 Å². The van der Waals surface area contributed by atoms with E-state index in [9.17, 15) is 4.79 Å². The lowest BCUT2D eigenvalue weighted by Crippen LogP contribution is -2.02. The number of aromatic nitrogens is 3. The van der Waals surface area contributed by atoms with Crippen molar-refractivity contribution in [3.8, 4) is 0 Å². The fraction of sp³-hybridized carbons (Fsp3) is 0. The van der Waals surface area contributed by atoms with Gasteiger partial charge in [-0.3, -0.25) is 4.79 Å². The standard InChI is InChI=1S/C7H5N3O/c11-7-3-6-5(4-8-7)1-2-9-10-6/h1-4H,(H,8,11). The van der Waals surface area contributed by atoms with Crippen LogP contribution in [-0.2, 0) is 0 Å². The maximum absolute atomic E-state index is 10.8. The Morgan fingerprint density at radius 3 is 3.27 bits per heavy atom. The first-order valence-corrected chi connectivity index (χ1v) is 3.16. The van der Waals surface area contributed by atoms with Gasteiger partial charge in [0.1, 0.15) is 0 Å². The van der Waals surface area contributed by atoms with Crippen LogP contribution in [0.4, 0.5) is 0 Å². The molecule has 0 atom stereocenters. The van der Waals surface area contributed by atoms with Gasteiger partial charge in [0.25, 0.3) is 0 Å². The van der Waals surface area contributed by atoms with Crippen molar-refractivity contribution in [3.63, 3.8) is 0 Å². The number of aromatic amines is 1. The minimum atomic E-state index is -0.155. The number of hydrogen-bond donors (Lipinski definition) is 1. The van der Waals surface area contributed by atoms with E-state index in [1.54, 1.807) is 18.5 Å². The first kappa shape index (κ1) is 6.03. The van der Waals surface area contributed by atoms with Crippen LogP contribution in [0.3, 0.4) is 0 Å².